The molecule has 0 bridgehead atoms. The predicted molar refractivity (Wildman–Crippen MR) is 113 cm³/mol. The molecule has 130 valence electrons. The van der Waals surface area contributed by atoms with Crippen LogP contribution in [0.15, 0.2) is 76.9 Å². The van der Waals surface area contributed by atoms with Crippen LogP contribution in [0, 0.1) is 6.92 Å². The SMILES string of the molecule is Cc1cccc2c3c(oc12)C1=C(CCC=C1)Nc1ccc2ccccc2c1-3. The van der Waals surface area contributed by atoms with E-state index in [4.69, 9.17) is 4.42 Å². The van der Waals surface area contributed by atoms with Crippen molar-refractivity contribution in [3.63, 3.8) is 0 Å². The van der Waals surface area contributed by atoms with Crippen molar-refractivity contribution in [1.29, 1.82) is 0 Å². The van der Waals surface area contributed by atoms with Gasteiger partial charge in [0, 0.05) is 33.5 Å². The summed E-state index contributed by atoms with van der Waals surface area (Å²) in [5.74, 6) is 0.993. The van der Waals surface area contributed by atoms with E-state index in [9.17, 15) is 0 Å². The summed E-state index contributed by atoms with van der Waals surface area (Å²) in [5, 5.41) is 7.44. The molecule has 0 unspecified atom stereocenters. The molecular weight excluding hydrogens is 330 g/mol. The van der Waals surface area contributed by atoms with Crippen LogP contribution in [-0.4, -0.2) is 0 Å². The van der Waals surface area contributed by atoms with Gasteiger partial charge in [-0.05, 0) is 42.2 Å². The predicted octanol–water partition coefficient (Wildman–Crippen LogP) is 7.05. The quantitative estimate of drug-likeness (QED) is 0.368. The van der Waals surface area contributed by atoms with E-state index in [0.717, 1.165) is 24.2 Å². The van der Waals surface area contributed by atoms with Crippen molar-refractivity contribution in [3.8, 4) is 11.1 Å². The van der Waals surface area contributed by atoms with E-state index in [1.54, 1.807) is 0 Å². The second-order valence-corrected chi connectivity index (χ2v) is 7.43. The number of benzene rings is 3. The Hall–Kier alpha value is -3.26. The number of para-hydroxylation sites is 1. The normalized spacial score (nSPS) is 15.3. The smallest absolute Gasteiger partial charge is 0.145 e. The van der Waals surface area contributed by atoms with Gasteiger partial charge in [-0.1, -0.05) is 60.7 Å². The van der Waals surface area contributed by atoms with Crippen LogP contribution in [0.2, 0.25) is 0 Å². The van der Waals surface area contributed by atoms with E-state index in [0.29, 0.717) is 0 Å². The lowest BCUT2D eigenvalue weighted by atomic mass is 9.92. The van der Waals surface area contributed by atoms with Crippen molar-refractivity contribution in [1.82, 2.24) is 0 Å². The first-order chi connectivity index (χ1) is 13.3. The monoisotopic (exact) mass is 349 g/mol. The second-order valence-electron chi connectivity index (χ2n) is 7.43. The molecule has 1 N–H and O–H groups in total. The van der Waals surface area contributed by atoms with Crippen molar-refractivity contribution >= 4 is 33.0 Å². The van der Waals surface area contributed by atoms with Crippen LogP contribution in [0.25, 0.3) is 38.4 Å². The van der Waals surface area contributed by atoms with Gasteiger partial charge in [0.15, 0.2) is 0 Å². The molecule has 4 aromatic rings. The van der Waals surface area contributed by atoms with Crippen LogP contribution in [0.1, 0.15) is 24.2 Å². The van der Waals surface area contributed by atoms with E-state index in [1.165, 1.54) is 49.8 Å². The number of aryl methyl sites for hydroxylation is 1. The van der Waals surface area contributed by atoms with E-state index < -0.39 is 0 Å². The molecule has 2 aliphatic rings. The molecule has 1 aliphatic carbocycles. The fraction of sp³-hybridized carbons (Fsp3) is 0.120. The minimum Gasteiger partial charge on any atom is -0.455 e. The van der Waals surface area contributed by atoms with Crippen molar-refractivity contribution < 1.29 is 4.42 Å². The van der Waals surface area contributed by atoms with Crippen LogP contribution in [0.4, 0.5) is 5.69 Å². The molecule has 0 amide bonds. The Balaban J connectivity index is 1.84. The molecule has 1 aliphatic heterocycles. The third-order valence-corrected chi connectivity index (χ3v) is 5.79. The first-order valence-corrected chi connectivity index (χ1v) is 9.52. The largest absolute Gasteiger partial charge is 0.455 e. The fourth-order valence-corrected chi connectivity index (χ4v) is 4.51. The van der Waals surface area contributed by atoms with Crippen LogP contribution in [0.5, 0.6) is 0 Å². The highest BCUT2D eigenvalue weighted by Crippen LogP contribution is 2.49. The van der Waals surface area contributed by atoms with Gasteiger partial charge >= 0.3 is 0 Å². The van der Waals surface area contributed by atoms with Crippen molar-refractivity contribution in [2.75, 3.05) is 5.32 Å². The molecule has 2 nitrogen and oxygen atoms in total. The summed E-state index contributed by atoms with van der Waals surface area (Å²) in [6.45, 7) is 2.12. The summed E-state index contributed by atoms with van der Waals surface area (Å²) < 4.78 is 6.53. The standard InChI is InChI=1S/C25H19NO/c1-15-7-6-11-19-23-22-17-9-3-2-8-16(17)13-14-21(22)26-20-12-5-4-10-18(20)25(23)27-24(15)19/h2-4,6-11,13-14,26H,5,12H2,1H3. The first kappa shape index (κ1) is 14.9. The maximum atomic E-state index is 6.53. The van der Waals surface area contributed by atoms with E-state index in [2.05, 4.69) is 79.0 Å². The molecule has 1 aromatic heterocycles. The first-order valence-electron chi connectivity index (χ1n) is 9.52. The minimum atomic E-state index is 0.993. The van der Waals surface area contributed by atoms with Gasteiger partial charge in [0.2, 0.25) is 0 Å². The van der Waals surface area contributed by atoms with Gasteiger partial charge < -0.3 is 9.73 Å². The molecule has 2 heterocycles. The van der Waals surface area contributed by atoms with E-state index in [-0.39, 0.29) is 0 Å². The lowest BCUT2D eigenvalue weighted by Crippen LogP contribution is -2.03. The summed E-state index contributed by atoms with van der Waals surface area (Å²) in [5.41, 5.74) is 8.24. The molecule has 6 rings (SSSR count). The highest BCUT2D eigenvalue weighted by molar-refractivity contribution is 6.14. The zero-order valence-electron chi connectivity index (χ0n) is 15.2. The van der Waals surface area contributed by atoms with Gasteiger partial charge in [0.25, 0.3) is 0 Å². The van der Waals surface area contributed by atoms with Crippen molar-refractivity contribution in [2.24, 2.45) is 0 Å². The zero-order chi connectivity index (χ0) is 18.0. The molecule has 0 saturated carbocycles. The fourth-order valence-electron chi connectivity index (χ4n) is 4.51. The Labute approximate surface area is 157 Å². The lowest BCUT2D eigenvalue weighted by Gasteiger charge is -2.16. The summed E-state index contributed by atoms with van der Waals surface area (Å²) in [4.78, 5) is 0. The number of nitrogens with one attached hydrogen (secondary N) is 1. The van der Waals surface area contributed by atoms with Crippen LogP contribution < -0.4 is 5.32 Å². The van der Waals surface area contributed by atoms with Gasteiger partial charge in [-0.25, -0.2) is 0 Å². The maximum absolute atomic E-state index is 6.53. The lowest BCUT2D eigenvalue weighted by molar-refractivity contribution is 0.598. The van der Waals surface area contributed by atoms with E-state index in [1.807, 2.05) is 0 Å². The highest BCUT2D eigenvalue weighted by Gasteiger charge is 2.28. The highest BCUT2D eigenvalue weighted by atomic mass is 16.3. The van der Waals surface area contributed by atoms with Gasteiger partial charge in [-0.15, -0.1) is 0 Å². The molecule has 0 fully saturated rings. The minimum absolute atomic E-state index is 0.993. The Morgan fingerprint density at radius 1 is 0.889 bits per heavy atom. The Morgan fingerprint density at radius 3 is 2.74 bits per heavy atom. The number of fused-ring (bicyclic) bond motifs is 8. The summed E-state index contributed by atoms with van der Waals surface area (Å²) >= 11 is 0. The number of allylic oxidation sites excluding steroid dienone is 4. The average Bonchev–Trinajstić information content (AvgIpc) is 3.02. The maximum Gasteiger partial charge on any atom is 0.145 e. The molecule has 3 aromatic carbocycles. The van der Waals surface area contributed by atoms with Gasteiger partial charge in [-0.2, -0.15) is 0 Å². The summed E-state index contributed by atoms with van der Waals surface area (Å²) in [6, 6.07) is 19.5. The van der Waals surface area contributed by atoms with E-state index >= 15 is 0 Å². The number of hydrogen-bond acceptors (Lipinski definition) is 2. The van der Waals surface area contributed by atoms with Crippen molar-refractivity contribution in [2.45, 2.75) is 19.8 Å². The molecule has 2 heteroatoms. The zero-order valence-corrected chi connectivity index (χ0v) is 15.2. The van der Waals surface area contributed by atoms with Gasteiger partial charge in [0.1, 0.15) is 11.3 Å². The third kappa shape index (κ3) is 2.01. The molecule has 0 spiro atoms. The molecule has 27 heavy (non-hydrogen) atoms. The van der Waals surface area contributed by atoms with Crippen LogP contribution in [0.3, 0.4) is 0 Å². The van der Waals surface area contributed by atoms with Crippen LogP contribution in [-0.2, 0) is 0 Å². The Kier molecular flexibility index (Phi) is 2.96. The van der Waals surface area contributed by atoms with Crippen LogP contribution >= 0.6 is 0 Å². The third-order valence-electron chi connectivity index (χ3n) is 5.79. The molecule has 0 radical (unpaired) electrons. The Morgan fingerprint density at radius 2 is 1.78 bits per heavy atom. The number of anilines is 1. The summed E-state index contributed by atoms with van der Waals surface area (Å²) in [6.07, 6.45) is 6.53. The van der Waals surface area contributed by atoms with Gasteiger partial charge in [-0.3, -0.25) is 0 Å². The summed E-state index contributed by atoms with van der Waals surface area (Å²) in [7, 11) is 0. The topological polar surface area (TPSA) is 25.2 Å². The number of hydrogen-bond donors (Lipinski definition) is 1. The number of furan rings is 1. The van der Waals surface area contributed by atoms with Crippen molar-refractivity contribution in [3.05, 3.63) is 83.8 Å². The molecule has 0 saturated heterocycles. The molecule has 0 atom stereocenters. The second kappa shape index (κ2) is 5.37. The number of rotatable bonds is 0. The molecular formula is C25H19NO. The average molecular weight is 349 g/mol. The Bertz CT molecular complexity index is 1300. The van der Waals surface area contributed by atoms with Gasteiger partial charge in [0.05, 0.1) is 0 Å².